The van der Waals surface area contributed by atoms with Gasteiger partial charge in [0.25, 0.3) is 0 Å². The average molecular weight is 260 g/mol. The fourth-order valence-corrected chi connectivity index (χ4v) is 2.40. The lowest BCUT2D eigenvalue weighted by molar-refractivity contribution is 0.351. The standard InChI is InChI=1S/C15H24N4/c1-9-10(2)19(8-7-15(4,5)6)14-12(9)13(16)17-11(3)18-14/h7-8H2,1-6H3,(H2,16,17,18). The van der Waals surface area contributed by atoms with Gasteiger partial charge in [-0.05, 0) is 38.2 Å². The summed E-state index contributed by atoms with van der Waals surface area (Å²) in [5, 5.41) is 1.01. The van der Waals surface area contributed by atoms with Crippen LogP contribution < -0.4 is 5.73 Å². The Balaban J connectivity index is 2.57. The van der Waals surface area contributed by atoms with Gasteiger partial charge in [-0.15, -0.1) is 0 Å². The number of rotatable bonds is 2. The summed E-state index contributed by atoms with van der Waals surface area (Å²) < 4.78 is 2.28. The number of aromatic nitrogens is 3. The lowest BCUT2D eigenvalue weighted by Gasteiger charge is -2.19. The third kappa shape index (κ3) is 2.57. The zero-order valence-electron chi connectivity index (χ0n) is 12.8. The van der Waals surface area contributed by atoms with E-state index >= 15 is 0 Å². The van der Waals surface area contributed by atoms with Crippen molar-refractivity contribution in [1.82, 2.24) is 14.5 Å². The van der Waals surface area contributed by atoms with Crippen LogP contribution >= 0.6 is 0 Å². The Morgan fingerprint density at radius 2 is 1.74 bits per heavy atom. The summed E-state index contributed by atoms with van der Waals surface area (Å²) in [6.07, 6.45) is 1.11. The largest absolute Gasteiger partial charge is 0.383 e. The smallest absolute Gasteiger partial charge is 0.146 e. The van der Waals surface area contributed by atoms with Crippen molar-refractivity contribution in [3.8, 4) is 0 Å². The number of nitrogens with two attached hydrogens (primary N) is 1. The van der Waals surface area contributed by atoms with Gasteiger partial charge in [-0.1, -0.05) is 20.8 Å². The van der Waals surface area contributed by atoms with Crippen LogP contribution in [0.3, 0.4) is 0 Å². The number of anilines is 1. The molecule has 0 saturated heterocycles. The molecule has 4 heteroatoms. The van der Waals surface area contributed by atoms with Gasteiger partial charge in [0.15, 0.2) is 0 Å². The van der Waals surface area contributed by atoms with Crippen LogP contribution in [-0.4, -0.2) is 14.5 Å². The zero-order valence-corrected chi connectivity index (χ0v) is 12.8. The summed E-state index contributed by atoms with van der Waals surface area (Å²) in [7, 11) is 0. The molecule has 0 fully saturated rings. The van der Waals surface area contributed by atoms with E-state index in [9.17, 15) is 0 Å². The first-order chi connectivity index (χ1) is 8.70. The van der Waals surface area contributed by atoms with Gasteiger partial charge in [-0.3, -0.25) is 0 Å². The Bertz CT molecular complexity index is 617. The van der Waals surface area contributed by atoms with E-state index in [0.29, 0.717) is 11.2 Å². The lowest BCUT2D eigenvalue weighted by atomic mass is 9.92. The summed E-state index contributed by atoms with van der Waals surface area (Å²) in [5.41, 5.74) is 9.78. The maximum atomic E-state index is 6.06. The lowest BCUT2D eigenvalue weighted by Crippen LogP contribution is -2.12. The van der Waals surface area contributed by atoms with E-state index in [4.69, 9.17) is 5.73 Å². The zero-order chi connectivity index (χ0) is 14.4. The van der Waals surface area contributed by atoms with Crippen molar-refractivity contribution in [3.63, 3.8) is 0 Å². The van der Waals surface area contributed by atoms with Crippen LogP contribution in [0.2, 0.25) is 0 Å². The molecule has 104 valence electrons. The second-order valence-corrected chi connectivity index (χ2v) is 6.53. The number of hydrogen-bond donors (Lipinski definition) is 1. The Labute approximate surface area is 115 Å². The average Bonchev–Trinajstić information content (AvgIpc) is 2.48. The molecule has 2 aromatic heterocycles. The number of fused-ring (bicyclic) bond motifs is 1. The van der Waals surface area contributed by atoms with Gasteiger partial charge in [0.2, 0.25) is 0 Å². The molecule has 0 atom stereocenters. The van der Waals surface area contributed by atoms with Crippen LogP contribution in [0.4, 0.5) is 5.82 Å². The molecule has 0 saturated carbocycles. The number of nitrogen functional groups attached to an aromatic ring is 1. The molecule has 0 amide bonds. The van der Waals surface area contributed by atoms with Crippen LogP contribution in [0.15, 0.2) is 0 Å². The highest BCUT2D eigenvalue weighted by molar-refractivity contribution is 5.91. The highest BCUT2D eigenvalue weighted by atomic mass is 15.1. The Kier molecular flexibility index (Phi) is 3.29. The van der Waals surface area contributed by atoms with Gasteiger partial charge in [0.05, 0.1) is 5.39 Å². The molecule has 2 heterocycles. The molecule has 2 N–H and O–H groups in total. The summed E-state index contributed by atoms with van der Waals surface area (Å²) in [4.78, 5) is 8.87. The first-order valence-corrected chi connectivity index (χ1v) is 6.80. The fraction of sp³-hybridized carbons (Fsp3) is 0.600. The van der Waals surface area contributed by atoms with Crippen molar-refractivity contribution >= 4 is 16.9 Å². The van der Waals surface area contributed by atoms with Crippen LogP contribution in [0.5, 0.6) is 0 Å². The van der Waals surface area contributed by atoms with Crippen molar-refractivity contribution in [2.45, 2.75) is 54.5 Å². The number of aryl methyl sites for hydroxylation is 3. The topological polar surface area (TPSA) is 56.7 Å². The molecule has 0 unspecified atom stereocenters. The van der Waals surface area contributed by atoms with E-state index < -0.39 is 0 Å². The van der Waals surface area contributed by atoms with E-state index in [-0.39, 0.29) is 0 Å². The molecule has 0 aromatic carbocycles. The molecular weight excluding hydrogens is 236 g/mol. The van der Waals surface area contributed by atoms with Gasteiger partial charge in [0, 0.05) is 12.2 Å². The predicted octanol–water partition coefficient (Wildman–Crippen LogP) is 3.37. The predicted molar refractivity (Wildman–Crippen MR) is 80.2 cm³/mol. The Hall–Kier alpha value is -1.58. The number of hydrogen-bond acceptors (Lipinski definition) is 3. The molecular formula is C15H24N4. The summed E-state index contributed by atoms with van der Waals surface area (Å²) in [6.45, 7) is 13.9. The van der Waals surface area contributed by atoms with E-state index in [1.165, 1.54) is 11.3 Å². The highest BCUT2D eigenvalue weighted by Gasteiger charge is 2.18. The third-order valence-corrected chi connectivity index (χ3v) is 3.69. The Morgan fingerprint density at radius 1 is 1.11 bits per heavy atom. The van der Waals surface area contributed by atoms with E-state index in [1.807, 2.05) is 6.92 Å². The molecule has 0 spiro atoms. The maximum absolute atomic E-state index is 6.06. The first-order valence-electron chi connectivity index (χ1n) is 6.80. The molecule has 0 bridgehead atoms. The van der Waals surface area contributed by atoms with Gasteiger partial charge in [-0.2, -0.15) is 0 Å². The molecule has 2 rings (SSSR count). The van der Waals surface area contributed by atoms with E-state index in [0.717, 1.165) is 29.8 Å². The van der Waals surface area contributed by atoms with Crippen LogP contribution in [-0.2, 0) is 6.54 Å². The minimum absolute atomic E-state index is 0.310. The van der Waals surface area contributed by atoms with Crippen molar-refractivity contribution in [3.05, 3.63) is 17.1 Å². The van der Waals surface area contributed by atoms with Crippen LogP contribution in [0.1, 0.15) is 44.3 Å². The summed E-state index contributed by atoms with van der Waals surface area (Å²) >= 11 is 0. The fourth-order valence-electron chi connectivity index (χ4n) is 2.40. The van der Waals surface area contributed by atoms with Crippen LogP contribution in [0, 0.1) is 26.2 Å². The summed E-state index contributed by atoms with van der Waals surface area (Å²) in [6, 6.07) is 0. The van der Waals surface area contributed by atoms with Gasteiger partial charge in [-0.25, -0.2) is 9.97 Å². The second-order valence-electron chi connectivity index (χ2n) is 6.53. The van der Waals surface area contributed by atoms with Crippen molar-refractivity contribution in [2.24, 2.45) is 5.41 Å². The van der Waals surface area contributed by atoms with Crippen LogP contribution in [0.25, 0.3) is 11.0 Å². The minimum atomic E-state index is 0.310. The van der Waals surface area contributed by atoms with Gasteiger partial charge >= 0.3 is 0 Å². The van der Waals surface area contributed by atoms with Crippen molar-refractivity contribution in [1.29, 1.82) is 0 Å². The first kappa shape index (κ1) is 13.8. The second kappa shape index (κ2) is 4.51. The normalized spacial score (nSPS) is 12.3. The quantitative estimate of drug-likeness (QED) is 0.900. The van der Waals surface area contributed by atoms with Crippen molar-refractivity contribution < 1.29 is 0 Å². The third-order valence-electron chi connectivity index (χ3n) is 3.69. The molecule has 0 aliphatic heterocycles. The molecule has 2 aromatic rings. The molecule has 0 aliphatic carbocycles. The molecule has 19 heavy (non-hydrogen) atoms. The SMILES string of the molecule is Cc1nc(N)c2c(C)c(C)n(CCC(C)(C)C)c2n1. The monoisotopic (exact) mass is 260 g/mol. The summed E-state index contributed by atoms with van der Waals surface area (Å²) in [5.74, 6) is 1.33. The highest BCUT2D eigenvalue weighted by Crippen LogP contribution is 2.29. The van der Waals surface area contributed by atoms with Gasteiger partial charge < -0.3 is 10.3 Å². The van der Waals surface area contributed by atoms with Crippen molar-refractivity contribution in [2.75, 3.05) is 5.73 Å². The van der Waals surface area contributed by atoms with E-state index in [1.54, 1.807) is 0 Å². The molecule has 0 aliphatic rings. The van der Waals surface area contributed by atoms with E-state index in [2.05, 4.69) is 49.2 Å². The molecule has 4 nitrogen and oxygen atoms in total. The maximum Gasteiger partial charge on any atom is 0.146 e. The molecule has 0 radical (unpaired) electrons. The van der Waals surface area contributed by atoms with Gasteiger partial charge in [0.1, 0.15) is 17.3 Å². The number of nitrogens with zero attached hydrogens (tertiary/aromatic N) is 3. The minimum Gasteiger partial charge on any atom is -0.383 e. The Morgan fingerprint density at radius 3 is 2.32 bits per heavy atom.